The Morgan fingerprint density at radius 2 is 0.667 bits per heavy atom. The molecule has 0 radical (unpaired) electrons. The molecule has 0 aliphatic rings. The van der Waals surface area contributed by atoms with Gasteiger partial charge in [-0.15, -0.1) is 0 Å². The standard InChI is InChI=1S/4C6H9N3O2.Mo/c4*7-5(6(10)11)1-4-2-8-3-9-4;/h4*2-3,5H,1,7H2,(H,8,9)(H,10,11);/q;;;;+4/p-4/t4*5-;/m0000./s1. The Morgan fingerprint density at radius 3 is 0.778 bits per heavy atom. The number of H-pyrrole nitrogens is 4. The zero-order chi connectivity index (χ0) is 33.1. The van der Waals surface area contributed by atoms with Gasteiger partial charge < -0.3 is 82.5 Å². The van der Waals surface area contributed by atoms with Crippen LogP contribution in [-0.4, -0.2) is 87.9 Å². The topological polar surface area (TPSA) is 379 Å². The van der Waals surface area contributed by atoms with Crippen molar-refractivity contribution >= 4 is 23.9 Å². The molecule has 0 amide bonds. The average Bonchev–Trinajstić information content (AvgIpc) is 3.79. The first kappa shape index (κ1) is 40.2. The first-order chi connectivity index (χ1) is 20.8. The van der Waals surface area contributed by atoms with Crippen LogP contribution in [0.5, 0.6) is 0 Å². The van der Waals surface area contributed by atoms with Crippen LogP contribution in [0, 0.1) is 0 Å². The third kappa shape index (κ3) is 17.8. The average molecular weight is 713 g/mol. The number of carboxylic acid groups (broad SMARTS) is 4. The molecule has 0 unspecified atom stereocenters. The van der Waals surface area contributed by atoms with Crippen LogP contribution in [-0.2, 0) is 65.9 Å². The van der Waals surface area contributed by atoms with E-state index in [2.05, 4.69) is 39.9 Å². The minimum atomic E-state index is -1.26. The van der Waals surface area contributed by atoms with Gasteiger partial charge >= 0.3 is 21.1 Å². The molecule has 21 heteroatoms. The summed E-state index contributed by atoms with van der Waals surface area (Å²) in [6.45, 7) is 0. The van der Waals surface area contributed by atoms with Gasteiger partial charge in [0.25, 0.3) is 0 Å². The van der Waals surface area contributed by atoms with E-state index in [4.69, 9.17) is 22.9 Å². The largest absolute Gasteiger partial charge is 4.00 e. The van der Waals surface area contributed by atoms with E-state index in [0.29, 0.717) is 22.8 Å². The molecule has 242 valence electrons. The van der Waals surface area contributed by atoms with Crippen LogP contribution >= 0.6 is 0 Å². The van der Waals surface area contributed by atoms with Crippen molar-refractivity contribution in [2.75, 3.05) is 0 Å². The predicted molar refractivity (Wildman–Crippen MR) is 141 cm³/mol. The molecule has 0 fully saturated rings. The summed E-state index contributed by atoms with van der Waals surface area (Å²) in [5.41, 5.74) is 23.3. The number of aromatic amines is 4. The summed E-state index contributed by atoms with van der Waals surface area (Å²) in [7, 11) is 0. The Morgan fingerprint density at radius 1 is 0.489 bits per heavy atom. The van der Waals surface area contributed by atoms with Crippen molar-refractivity contribution in [2.45, 2.75) is 49.9 Å². The number of carbonyl (C=O) groups is 4. The molecule has 0 aliphatic heterocycles. The summed E-state index contributed by atoms with van der Waals surface area (Å²) in [6, 6.07) is -3.90. The van der Waals surface area contributed by atoms with Gasteiger partial charge in [-0.25, -0.2) is 19.9 Å². The fourth-order valence-corrected chi connectivity index (χ4v) is 2.84. The van der Waals surface area contributed by atoms with Gasteiger partial charge in [0.05, 0.1) is 72.0 Å². The van der Waals surface area contributed by atoms with Crippen LogP contribution in [0.1, 0.15) is 22.8 Å². The van der Waals surface area contributed by atoms with Gasteiger partial charge in [0.2, 0.25) is 0 Å². The minimum absolute atomic E-state index is 0. The van der Waals surface area contributed by atoms with Crippen LogP contribution in [0.25, 0.3) is 0 Å². The second-order valence-electron chi connectivity index (χ2n) is 8.76. The van der Waals surface area contributed by atoms with E-state index in [1.54, 1.807) is 24.8 Å². The fraction of sp³-hybridized carbons (Fsp3) is 0.333. The maximum atomic E-state index is 10.2. The molecule has 0 bridgehead atoms. The Hall–Kier alpha value is -4.75. The maximum absolute atomic E-state index is 10.2. The second-order valence-corrected chi connectivity index (χ2v) is 8.76. The molecular formula is C24H32MoN12O8. The Labute approximate surface area is 269 Å². The van der Waals surface area contributed by atoms with Crippen molar-refractivity contribution < 1.29 is 60.7 Å². The molecular weight excluding hydrogens is 680 g/mol. The second kappa shape index (κ2) is 21.9. The van der Waals surface area contributed by atoms with Gasteiger partial charge in [-0.1, -0.05) is 0 Å². The Bertz CT molecular complexity index is 1140. The molecule has 4 rings (SSSR count). The summed E-state index contributed by atoms with van der Waals surface area (Å²) >= 11 is 0. The van der Waals surface area contributed by atoms with Crippen LogP contribution in [0.2, 0.25) is 0 Å². The van der Waals surface area contributed by atoms with Gasteiger partial charge in [-0.05, 0) is 0 Å². The Balaban J connectivity index is 0.000000569. The molecule has 4 atom stereocenters. The summed E-state index contributed by atoms with van der Waals surface area (Å²) in [5, 5.41) is 40.6. The number of aliphatic carboxylic acids is 4. The molecule has 4 aromatic rings. The van der Waals surface area contributed by atoms with Crippen molar-refractivity contribution in [1.82, 2.24) is 39.9 Å². The van der Waals surface area contributed by atoms with Crippen molar-refractivity contribution in [1.29, 1.82) is 0 Å². The van der Waals surface area contributed by atoms with E-state index in [1.807, 2.05) is 0 Å². The number of nitrogens with two attached hydrogens (primary N) is 4. The molecule has 4 aromatic heterocycles. The zero-order valence-corrected chi connectivity index (χ0v) is 25.5. The van der Waals surface area contributed by atoms with Gasteiger partial charge in [0, 0.05) is 74.6 Å². The molecule has 12 N–H and O–H groups in total. The number of imidazole rings is 4. The smallest absolute Gasteiger partial charge is 0.548 e. The third-order valence-corrected chi connectivity index (χ3v) is 5.15. The monoisotopic (exact) mass is 714 g/mol. The fourth-order valence-electron chi connectivity index (χ4n) is 2.84. The SMILES string of the molecule is N[C@@H](Cc1c[nH]cn1)C(=O)[O-].N[C@@H](Cc1c[nH]cn1)C(=O)[O-].N[C@@H](Cc1c[nH]cn1)C(=O)[O-].N[C@@H](Cc1c[nH]cn1)C(=O)[O-].[Mo+4]. The van der Waals surface area contributed by atoms with E-state index in [0.717, 1.165) is 0 Å². The van der Waals surface area contributed by atoms with Crippen LogP contribution in [0.3, 0.4) is 0 Å². The molecule has 45 heavy (non-hydrogen) atoms. The molecule has 0 saturated heterocycles. The van der Waals surface area contributed by atoms with Crippen LogP contribution in [0.4, 0.5) is 0 Å². The van der Waals surface area contributed by atoms with E-state index >= 15 is 0 Å². The zero-order valence-electron chi connectivity index (χ0n) is 23.5. The number of hydrogen-bond donors (Lipinski definition) is 8. The first-order valence-electron chi connectivity index (χ1n) is 12.6. The van der Waals surface area contributed by atoms with E-state index in [1.165, 1.54) is 25.3 Å². The molecule has 4 heterocycles. The van der Waals surface area contributed by atoms with Crippen molar-refractivity contribution in [3.63, 3.8) is 0 Å². The van der Waals surface area contributed by atoms with Gasteiger partial charge in [-0.2, -0.15) is 0 Å². The van der Waals surface area contributed by atoms with E-state index in [9.17, 15) is 39.6 Å². The van der Waals surface area contributed by atoms with Crippen molar-refractivity contribution in [3.05, 3.63) is 72.9 Å². The van der Waals surface area contributed by atoms with Gasteiger partial charge in [0.15, 0.2) is 0 Å². The summed E-state index contributed by atoms with van der Waals surface area (Å²) in [4.78, 5) is 66.6. The van der Waals surface area contributed by atoms with E-state index < -0.39 is 48.0 Å². The quantitative estimate of drug-likeness (QED) is 0.0632. The van der Waals surface area contributed by atoms with Gasteiger partial charge in [-0.3, -0.25) is 0 Å². The van der Waals surface area contributed by atoms with Crippen molar-refractivity contribution in [3.8, 4) is 0 Å². The number of carbonyl (C=O) groups excluding carboxylic acids is 4. The number of hydrogen-bond acceptors (Lipinski definition) is 16. The van der Waals surface area contributed by atoms with Crippen molar-refractivity contribution in [2.24, 2.45) is 22.9 Å². The summed E-state index contributed by atoms with van der Waals surface area (Å²) in [6.07, 6.45) is 13.1. The number of aromatic nitrogens is 8. The normalized spacial score (nSPS) is 12.5. The number of carboxylic acids is 4. The Kier molecular flexibility index (Phi) is 19.6. The molecule has 0 saturated carbocycles. The van der Waals surface area contributed by atoms with Crippen LogP contribution < -0.4 is 43.4 Å². The van der Waals surface area contributed by atoms with Crippen LogP contribution in [0.15, 0.2) is 50.1 Å². The number of nitrogens with zero attached hydrogens (tertiary/aromatic N) is 4. The van der Waals surface area contributed by atoms with E-state index in [-0.39, 0.29) is 46.7 Å². The summed E-state index contributed by atoms with van der Waals surface area (Å²) in [5.74, 6) is -5.03. The minimum Gasteiger partial charge on any atom is -0.548 e. The maximum Gasteiger partial charge on any atom is 4.00 e. The molecule has 0 spiro atoms. The molecule has 0 aromatic carbocycles. The summed E-state index contributed by atoms with van der Waals surface area (Å²) < 4.78 is 0. The predicted octanol–water partition coefficient (Wildman–Crippen LogP) is -7.88. The molecule has 0 aliphatic carbocycles. The molecule has 20 nitrogen and oxygen atoms in total. The van der Waals surface area contributed by atoms with Gasteiger partial charge in [0.1, 0.15) is 0 Å². The number of rotatable bonds is 12. The first-order valence-corrected chi connectivity index (χ1v) is 12.6. The third-order valence-electron chi connectivity index (χ3n) is 5.15. The number of nitrogens with one attached hydrogen (secondary N) is 4.